The van der Waals surface area contributed by atoms with Gasteiger partial charge in [0.2, 0.25) is 0 Å². The Kier molecular flexibility index (Phi) is 1.96. The molecule has 1 nitrogen and oxygen atoms in total. The van der Waals surface area contributed by atoms with Gasteiger partial charge in [0.25, 0.3) is 0 Å². The monoisotopic (exact) mass is 283 g/mol. The molecule has 2 bridgehead atoms. The molecule has 110 valence electrons. The quantitative estimate of drug-likeness (QED) is 0.822. The van der Waals surface area contributed by atoms with E-state index in [1.165, 1.54) is 0 Å². The Hall–Kier alpha value is -0.890. The average Bonchev–Trinajstić information content (AvgIpc) is 2.97. The molecule has 9 atom stereocenters. The van der Waals surface area contributed by atoms with Crippen LogP contribution in [0.3, 0.4) is 0 Å². The van der Waals surface area contributed by atoms with E-state index in [1.54, 1.807) is 25.0 Å². The van der Waals surface area contributed by atoms with Gasteiger partial charge in [0, 0.05) is 12.6 Å². The fourth-order valence-corrected chi connectivity index (χ4v) is 8.04. The third kappa shape index (κ3) is 1.17. The molecule has 0 spiro atoms. The number of benzene rings is 1. The van der Waals surface area contributed by atoms with Crippen LogP contribution in [0.2, 0.25) is 0 Å². The Morgan fingerprint density at radius 1 is 1.00 bits per heavy atom. The van der Waals surface area contributed by atoms with Crippen LogP contribution in [0, 0.1) is 53.2 Å². The first-order valence-corrected chi connectivity index (χ1v) is 8.69. The molecule has 5 aliphatic rings. The molecular formula is C19H22FN. The number of fused-ring (bicyclic) bond motifs is 2. The molecule has 5 aliphatic carbocycles. The zero-order valence-electron chi connectivity index (χ0n) is 12.5. The Bertz CT molecular complexity index is 622. The van der Waals surface area contributed by atoms with Gasteiger partial charge in [0.1, 0.15) is 5.82 Å². The highest BCUT2D eigenvalue weighted by Crippen LogP contribution is 2.83. The van der Waals surface area contributed by atoms with Crippen LogP contribution in [0.15, 0.2) is 24.3 Å². The molecule has 0 amide bonds. The number of hydrogen-bond donors (Lipinski definition) is 0. The second-order valence-corrected chi connectivity index (χ2v) is 8.47. The van der Waals surface area contributed by atoms with E-state index in [9.17, 15) is 4.39 Å². The minimum absolute atomic E-state index is 0.0973. The average molecular weight is 283 g/mol. The zero-order chi connectivity index (χ0) is 13.9. The summed E-state index contributed by atoms with van der Waals surface area (Å²) in [6, 6.07) is 7.98. The maximum absolute atomic E-state index is 13.4. The summed E-state index contributed by atoms with van der Waals surface area (Å²) in [7, 11) is 2.29. The van der Waals surface area contributed by atoms with Gasteiger partial charge in [-0.1, -0.05) is 12.1 Å². The van der Waals surface area contributed by atoms with E-state index in [-0.39, 0.29) is 5.82 Å². The van der Waals surface area contributed by atoms with Crippen LogP contribution >= 0.6 is 0 Å². The molecule has 0 radical (unpaired) electrons. The molecule has 0 aliphatic heterocycles. The molecule has 1 aromatic rings. The Morgan fingerprint density at radius 3 is 2.57 bits per heavy atom. The molecular weight excluding hydrogens is 261 g/mol. The van der Waals surface area contributed by atoms with E-state index in [4.69, 9.17) is 0 Å². The van der Waals surface area contributed by atoms with Crippen LogP contribution in [0.4, 0.5) is 4.39 Å². The van der Waals surface area contributed by atoms with Crippen molar-refractivity contribution in [3.8, 4) is 0 Å². The predicted molar refractivity (Wildman–Crippen MR) is 78.8 cm³/mol. The molecule has 5 saturated carbocycles. The maximum atomic E-state index is 13.4. The van der Waals surface area contributed by atoms with Crippen molar-refractivity contribution in [3.05, 3.63) is 35.6 Å². The van der Waals surface area contributed by atoms with Gasteiger partial charge < -0.3 is 0 Å². The van der Waals surface area contributed by atoms with E-state index >= 15 is 0 Å². The van der Waals surface area contributed by atoms with Crippen molar-refractivity contribution in [2.45, 2.75) is 25.4 Å². The van der Waals surface area contributed by atoms with Crippen molar-refractivity contribution in [2.24, 2.45) is 47.3 Å². The first-order valence-electron chi connectivity index (χ1n) is 8.69. The van der Waals surface area contributed by atoms with Crippen LogP contribution in [-0.4, -0.2) is 18.0 Å². The molecule has 0 aromatic heterocycles. The van der Waals surface area contributed by atoms with Crippen LogP contribution in [0.5, 0.6) is 0 Å². The second kappa shape index (κ2) is 3.53. The minimum atomic E-state index is -0.0973. The van der Waals surface area contributed by atoms with Gasteiger partial charge in [-0.25, -0.2) is 4.39 Å². The van der Waals surface area contributed by atoms with Crippen molar-refractivity contribution >= 4 is 0 Å². The van der Waals surface area contributed by atoms with Crippen molar-refractivity contribution in [3.63, 3.8) is 0 Å². The molecule has 21 heavy (non-hydrogen) atoms. The normalized spacial score (nSPS) is 54.0. The van der Waals surface area contributed by atoms with Gasteiger partial charge in [-0.15, -0.1) is 0 Å². The van der Waals surface area contributed by atoms with E-state index in [0.29, 0.717) is 0 Å². The van der Waals surface area contributed by atoms with Crippen LogP contribution in [-0.2, 0) is 6.54 Å². The fourth-order valence-electron chi connectivity index (χ4n) is 8.04. The molecule has 8 unspecified atom stereocenters. The van der Waals surface area contributed by atoms with Crippen LogP contribution in [0.1, 0.15) is 18.4 Å². The highest BCUT2D eigenvalue weighted by Gasteiger charge is 2.80. The topological polar surface area (TPSA) is 3.24 Å². The van der Waals surface area contributed by atoms with Gasteiger partial charge >= 0.3 is 0 Å². The summed E-state index contributed by atoms with van der Waals surface area (Å²) in [6.45, 7) is 0.920. The van der Waals surface area contributed by atoms with Gasteiger partial charge in [-0.3, -0.25) is 4.90 Å². The number of rotatable bonds is 3. The number of hydrogen-bond acceptors (Lipinski definition) is 1. The van der Waals surface area contributed by atoms with E-state index in [2.05, 4.69) is 18.0 Å². The lowest BCUT2D eigenvalue weighted by molar-refractivity contribution is -0.0220. The molecule has 1 aromatic carbocycles. The maximum Gasteiger partial charge on any atom is 0.123 e. The minimum Gasteiger partial charge on any atom is -0.299 e. The Morgan fingerprint density at radius 2 is 1.76 bits per heavy atom. The third-order valence-corrected chi connectivity index (χ3v) is 8.11. The molecule has 6 rings (SSSR count). The predicted octanol–water partition coefficient (Wildman–Crippen LogP) is 3.40. The lowest BCUT2D eigenvalue weighted by atomic mass is 9.58. The SMILES string of the molecule is CN(Cc1cccc(F)c1)[C@H]1C2C3CC4C5C3CC2C5C41. The summed E-state index contributed by atoms with van der Waals surface area (Å²) in [6.07, 6.45) is 3.12. The molecule has 5 fully saturated rings. The van der Waals surface area contributed by atoms with Crippen molar-refractivity contribution in [2.75, 3.05) is 7.05 Å². The lowest BCUT2D eigenvalue weighted by Gasteiger charge is -2.50. The summed E-state index contributed by atoms with van der Waals surface area (Å²) in [4.78, 5) is 2.58. The Balaban J connectivity index is 1.31. The fraction of sp³-hybridized carbons (Fsp3) is 0.684. The van der Waals surface area contributed by atoms with Gasteiger partial charge in [-0.05, 0) is 84.9 Å². The molecule has 0 N–H and O–H groups in total. The largest absolute Gasteiger partial charge is 0.299 e. The molecule has 2 heteroatoms. The highest BCUT2D eigenvalue weighted by molar-refractivity contribution is 5.29. The summed E-state index contributed by atoms with van der Waals surface area (Å²) < 4.78 is 13.4. The summed E-state index contributed by atoms with van der Waals surface area (Å²) in [5.74, 6) is 8.39. The van der Waals surface area contributed by atoms with Crippen LogP contribution < -0.4 is 0 Å². The van der Waals surface area contributed by atoms with Gasteiger partial charge in [0.05, 0.1) is 0 Å². The third-order valence-electron chi connectivity index (χ3n) is 8.11. The summed E-state index contributed by atoms with van der Waals surface area (Å²) >= 11 is 0. The second-order valence-electron chi connectivity index (χ2n) is 8.47. The van der Waals surface area contributed by atoms with E-state index in [1.807, 2.05) is 6.07 Å². The zero-order valence-corrected chi connectivity index (χ0v) is 12.5. The van der Waals surface area contributed by atoms with Gasteiger partial charge in [0.15, 0.2) is 0 Å². The first kappa shape index (κ1) is 11.6. The summed E-state index contributed by atoms with van der Waals surface area (Å²) in [5, 5.41) is 0. The van der Waals surface area contributed by atoms with E-state index in [0.717, 1.165) is 65.5 Å². The van der Waals surface area contributed by atoms with E-state index < -0.39 is 0 Å². The lowest BCUT2D eigenvalue weighted by Crippen LogP contribution is -2.51. The highest BCUT2D eigenvalue weighted by atomic mass is 19.1. The van der Waals surface area contributed by atoms with Crippen molar-refractivity contribution in [1.82, 2.24) is 4.90 Å². The molecule has 0 heterocycles. The van der Waals surface area contributed by atoms with Crippen molar-refractivity contribution < 1.29 is 4.39 Å². The van der Waals surface area contributed by atoms with Crippen molar-refractivity contribution in [1.29, 1.82) is 0 Å². The molecule has 0 saturated heterocycles. The van der Waals surface area contributed by atoms with Crippen LogP contribution in [0.25, 0.3) is 0 Å². The smallest absolute Gasteiger partial charge is 0.123 e. The summed E-state index contributed by atoms with van der Waals surface area (Å²) in [5.41, 5.74) is 1.14. The van der Waals surface area contributed by atoms with Gasteiger partial charge in [-0.2, -0.15) is 0 Å². The first-order chi connectivity index (χ1) is 10.2. The number of nitrogens with zero attached hydrogens (tertiary/aromatic N) is 1. The standard InChI is InChI=1S/C19H22FN/c1-21(8-9-3-2-4-10(20)5-9)19-16-12-7-13-15-11(12)6-14(16)17(15)18(13)19/h2-5,11-19H,6-8H2,1H3/t11?,12?,13?,14?,15?,16?,17?,18?,19-/m0/s1. The Labute approximate surface area is 125 Å². The number of halogens is 1.